The zero-order valence-corrected chi connectivity index (χ0v) is 16.4. The van der Waals surface area contributed by atoms with Crippen LogP contribution in [-0.2, 0) is 0 Å². The molecule has 144 valence electrons. The van der Waals surface area contributed by atoms with E-state index < -0.39 is 0 Å². The molecule has 0 aliphatic rings. The van der Waals surface area contributed by atoms with Gasteiger partial charge in [-0.1, -0.05) is 6.92 Å². The van der Waals surface area contributed by atoms with E-state index in [9.17, 15) is 9.59 Å². The lowest BCUT2D eigenvalue weighted by atomic mass is 10.1. The van der Waals surface area contributed by atoms with Crippen LogP contribution in [0.3, 0.4) is 0 Å². The molecule has 1 amide bonds. The molecular weight excluding hydrogens is 346 g/mol. The van der Waals surface area contributed by atoms with Crippen molar-refractivity contribution in [2.45, 2.75) is 20.3 Å². The van der Waals surface area contributed by atoms with Crippen molar-refractivity contribution in [3.8, 4) is 5.75 Å². The van der Waals surface area contributed by atoms with E-state index in [2.05, 4.69) is 28.7 Å². The third kappa shape index (κ3) is 3.11. The molecule has 8 heteroatoms. The first-order valence-corrected chi connectivity index (χ1v) is 9.00. The number of hydrogen-bond acceptors (Lipinski definition) is 5. The van der Waals surface area contributed by atoms with Gasteiger partial charge in [0.1, 0.15) is 11.3 Å². The summed E-state index contributed by atoms with van der Waals surface area (Å²) in [5.74, 6) is 0.966. The molecule has 2 aromatic heterocycles. The Bertz CT molecular complexity index is 1050. The number of fused-ring (bicyclic) bond motifs is 3. The van der Waals surface area contributed by atoms with Gasteiger partial charge in [0.25, 0.3) is 11.5 Å². The zero-order valence-electron chi connectivity index (χ0n) is 16.4. The number of ether oxygens (including phenoxy) is 1. The van der Waals surface area contributed by atoms with Gasteiger partial charge in [0.2, 0.25) is 5.95 Å². The standard InChI is InChI=1S/C19H25N5O3/c1-6-8-23(7-2)19-20-11-15-17(25)21-13-9-12(18(26)22(3)4)16(27-5)10-14(13)24(15)19/h9-11H,6-8H2,1-5H3,(H,21,25). The first-order chi connectivity index (χ1) is 12.9. The minimum atomic E-state index is -0.248. The first kappa shape index (κ1) is 18.8. The van der Waals surface area contributed by atoms with Crippen LogP contribution >= 0.6 is 0 Å². The zero-order chi connectivity index (χ0) is 19.7. The Balaban J connectivity index is 2.37. The quantitative estimate of drug-likeness (QED) is 0.718. The van der Waals surface area contributed by atoms with Crippen LogP contribution in [0.5, 0.6) is 5.75 Å². The molecule has 0 unspecified atom stereocenters. The number of methoxy groups -OCH3 is 1. The molecule has 1 aromatic carbocycles. The Morgan fingerprint density at radius 1 is 1.26 bits per heavy atom. The summed E-state index contributed by atoms with van der Waals surface area (Å²) >= 11 is 0. The summed E-state index contributed by atoms with van der Waals surface area (Å²) in [4.78, 5) is 36.0. The summed E-state index contributed by atoms with van der Waals surface area (Å²) < 4.78 is 7.30. The van der Waals surface area contributed by atoms with E-state index in [-0.39, 0.29) is 11.5 Å². The third-order valence-corrected chi connectivity index (χ3v) is 4.58. The van der Waals surface area contributed by atoms with Gasteiger partial charge in [-0.05, 0) is 19.4 Å². The molecule has 3 aromatic rings. The number of anilines is 1. The number of aromatic nitrogens is 3. The Labute approximate surface area is 157 Å². The van der Waals surface area contributed by atoms with Gasteiger partial charge in [-0.15, -0.1) is 0 Å². The molecular formula is C19H25N5O3. The van der Waals surface area contributed by atoms with E-state index in [1.807, 2.05) is 4.40 Å². The summed E-state index contributed by atoms with van der Waals surface area (Å²) in [7, 11) is 4.88. The van der Waals surface area contributed by atoms with E-state index in [0.29, 0.717) is 28.3 Å². The number of benzene rings is 1. The first-order valence-electron chi connectivity index (χ1n) is 9.00. The lowest BCUT2D eigenvalue weighted by Crippen LogP contribution is -2.26. The molecule has 0 spiro atoms. The maximum atomic E-state index is 12.6. The maximum Gasteiger partial charge on any atom is 0.274 e. The molecule has 0 bridgehead atoms. The van der Waals surface area contributed by atoms with Crippen LogP contribution in [0, 0.1) is 0 Å². The van der Waals surface area contributed by atoms with Crippen LogP contribution in [0.15, 0.2) is 23.1 Å². The van der Waals surface area contributed by atoms with Crippen LogP contribution in [-0.4, -0.2) is 59.5 Å². The second-order valence-corrected chi connectivity index (χ2v) is 6.58. The minimum Gasteiger partial charge on any atom is -0.496 e. The Kier molecular flexibility index (Phi) is 5.07. The lowest BCUT2D eigenvalue weighted by molar-refractivity contribution is 0.0824. The smallest absolute Gasteiger partial charge is 0.274 e. The largest absolute Gasteiger partial charge is 0.496 e. The van der Waals surface area contributed by atoms with Crippen molar-refractivity contribution in [1.29, 1.82) is 0 Å². The topological polar surface area (TPSA) is 82.9 Å². The van der Waals surface area contributed by atoms with Crippen molar-refractivity contribution >= 4 is 28.4 Å². The number of H-pyrrole nitrogens is 1. The second-order valence-electron chi connectivity index (χ2n) is 6.58. The fraction of sp³-hybridized carbons (Fsp3) is 0.421. The Morgan fingerprint density at radius 2 is 2.00 bits per heavy atom. The van der Waals surface area contributed by atoms with Gasteiger partial charge in [0.15, 0.2) is 0 Å². The van der Waals surface area contributed by atoms with E-state index in [1.165, 1.54) is 12.0 Å². The highest BCUT2D eigenvalue weighted by Crippen LogP contribution is 2.28. The van der Waals surface area contributed by atoms with Gasteiger partial charge >= 0.3 is 0 Å². The summed E-state index contributed by atoms with van der Waals surface area (Å²) in [5, 5.41) is 0. The van der Waals surface area contributed by atoms with Crippen molar-refractivity contribution < 1.29 is 9.53 Å². The fourth-order valence-electron chi connectivity index (χ4n) is 3.25. The van der Waals surface area contributed by atoms with Crippen LogP contribution in [0.1, 0.15) is 30.6 Å². The number of nitrogens with one attached hydrogen (secondary N) is 1. The van der Waals surface area contributed by atoms with Crippen LogP contribution < -0.4 is 15.2 Å². The molecule has 0 aliphatic heterocycles. The van der Waals surface area contributed by atoms with Gasteiger partial charge in [0, 0.05) is 33.3 Å². The van der Waals surface area contributed by atoms with Crippen LogP contribution in [0.2, 0.25) is 0 Å². The summed E-state index contributed by atoms with van der Waals surface area (Å²) in [5.41, 5.74) is 1.90. The number of nitrogens with zero attached hydrogens (tertiary/aromatic N) is 4. The van der Waals surface area contributed by atoms with E-state index in [4.69, 9.17) is 4.74 Å². The third-order valence-electron chi connectivity index (χ3n) is 4.58. The number of amides is 1. The average Bonchev–Trinajstić information content (AvgIpc) is 3.10. The molecule has 8 nitrogen and oxygen atoms in total. The summed E-state index contributed by atoms with van der Waals surface area (Å²) in [6, 6.07) is 3.44. The molecule has 3 rings (SSSR count). The lowest BCUT2D eigenvalue weighted by Gasteiger charge is -2.21. The number of carbonyl (C=O) groups excluding carboxylic acids is 1. The average molecular weight is 371 g/mol. The summed E-state index contributed by atoms with van der Waals surface area (Å²) in [6.45, 7) is 5.76. The van der Waals surface area contributed by atoms with Crippen LogP contribution in [0.4, 0.5) is 5.95 Å². The molecule has 0 aliphatic carbocycles. The van der Waals surface area contributed by atoms with Gasteiger partial charge in [-0.2, -0.15) is 0 Å². The number of hydrogen-bond donors (Lipinski definition) is 1. The summed E-state index contributed by atoms with van der Waals surface area (Å²) in [6.07, 6.45) is 2.55. The van der Waals surface area contributed by atoms with Gasteiger partial charge in [-0.3, -0.25) is 14.0 Å². The molecule has 1 N–H and O–H groups in total. The van der Waals surface area contributed by atoms with E-state index >= 15 is 0 Å². The minimum absolute atomic E-state index is 0.193. The fourth-order valence-corrected chi connectivity index (χ4v) is 3.25. The normalized spacial score (nSPS) is 11.1. The monoisotopic (exact) mass is 371 g/mol. The van der Waals surface area contributed by atoms with Gasteiger partial charge in [0.05, 0.1) is 29.9 Å². The molecule has 0 radical (unpaired) electrons. The predicted molar refractivity (Wildman–Crippen MR) is 106 cm³/mol. The number of rotatable bonds is 6. The highest BCUT2D eigenvalue weighted by atomic mass is 16.5. The Morgan fingerprint density at radius 3 is 2.59 bits per heavy atom. The maximum absolute atomic E-state index is 12.6. The van der Waals surface area contributed by atoms with Crippen molar-refractivity contribution in [2.24, 2.45) is 0 Å². The molecule has 0 atom stereocenters. The molecule has 0 fully saturated rings. The predicted octanol–water partition coefficient (Wildman–Crippen LogP) is 2.12. The SMILES string of the molecule is CCCN(CC)c1ncc2c(=O)[nH]c3cc(C(=O)N(C)C)c(OC)cc3n12. The highest BCUT2D eigenvalue weighted by Gasteiger charge is 2.20. The molecule has 27 heavy (non-hydrogen) atoms. The second kappa shape index (κ2) is 7.30. The highest BCUT2D eigenvalue weighted by molar-refractivity contribution is 6.00. The molecule has 2 heterocycles. The molecule has 0 saturated heterocycles. The van der Waals surface area contributed by atoms with Crippen LogP contribution in [0.25, 0.3) is 16.6 Å². The van der Waals surface area contributed by atoms with Crippen molar-refractivity contribution in [2.75, 3.05) is 39.2 Å². The van der Waals surface area contributed by atoms with Crippen molar-refractivity contribution in [3.05, 3.63) is 34.2 Å². The van der Waals surface area contributed by atoms with E-state index in [1.54, 1.807) is 32.4 Å². The Hall–Kier alpha value is -3.03. The molecule has 0 saturated carbocycles. The number of imidazole rings is 1. The van der Waals surface area contributed by atoms with Gasteiger partial charge in [-0.25, -0.2) is 4.98 Å². The van der Waals surface area contributed by atoms with Crippen molar-refractivity contribution in [1.82, 2.24) is 19.3 Å². The van der Waals surface area contributed by atoms with Gasteiger partial charge < -0.3 is 19.5 Å². The number of aromatic amines is 1. The van der Waals surface area contributed by atoms with E-state index in [0.717, 1.165) is 25.0 Å². The number of carbonyl (C=O) groups is 1. The van der Waals surface area contributed by atoms with Crippen molar-refractivity contribution in [3.63, 3.8) is 0 Å².